The minimum atomic E-state index is -0.597. The number of H-pyrrole nitrogens is 1. The number of aromatic amines is 1. The van der Waals surface area contributed by atoms with Crippen LogP contribution in [0.25, 0.3) is 0 Å². The monoisotopic (exact) mass is 335 g/mol. The molecule has 1 aliphatic carbocycles. The summed E-state index contributed by atoms with van der Waals surface area (Å²) in [5.74, 6) is -0.568. The van der Waals surface area contributed by atoms with Gasteiger partial charge in [0.05, 0.1) is 16.7 Å². The van der Waals surface area contributed by atoms with Gasteiger partial charge in [-0.2, -0.15) is 5.10 Å². The van der Waals surface area contributed by atoms with E-state index in [1.54, 1.807) is 11.3 Å². The molecule has 1 atom stereocenters. The van der Waals surface area contributed by atoms with Gasteiger partial charge in [-0.3, -0.25) is 20.0 Å². The van der Waals surface area contributed by atoms with Crippen molar-refractivity contribution in [3.05, 3.63) is 37.1 Å². The van der Waals surface area contributed by atoms with Crippen molar-refractivity contribution in [2.45, 2.75) is 45.6 Å². The van der Waals surface area contributed by atoms with E-state index in [9.17, 15) is 14.9 Å². The summed E-state index contributed by atoms with van der Waals surface area (Å²) in [4.78, 5) is 28.6. The van der Waals surface area contributed by atoms with E-state index in [-0.39, 0.29) is 23.1 Å². The SMILES string of the molecule is Cc1[nH]nc(C(=O)N[C@H](C)c2nc3c(s2)CCCC3)c1[N+](=O)[O-]. The van der Waals surface area contributed by atoms with Crippen LogP contribution in [-0.4, -0.2) is 26.0 Å². The molecule has 0 bridgehead atoms. The van der Waals surface area contributed by atoms with Crippen molar-refractivity contribution in [3.8, 4) is 0 Å². The maximum absolute atomic E-state index is 12.3. The van der Waals surface area contributed by atoms with Crippen molar-refractivity contribution < 1.29 is 9.72 Å². The molecule has 1 amide bonds. The number of hydrogen-bond acceptors (Lipinski definition) is 6. The number of nitrogens with zero attached hydrogens (tertiary/aromatic N) is 3. The molecule has 9 heteroatoms. The second-order valence-corrected chi connectivity index (χ2v) is 6.74. The number of rotatable bonds is 4. The first kappa shape index (κ1) is 15.6. The molecule has 1 aliphatic rings. The van der Waals surface area contributed by atoms with Crippen molar-refractivity contribution >= 4 is 22.9 Å². The Bertz CT molecular complexity index is 743. The molecule has 0 saturated carbocycles. The highest BCUT2D eigenvalue weighted by molar-refractivity contribution is 7.11. The van der Waals surface area contributed by atoms with E-state index in [0.29, 0.717) is 0 Å². The average Bonchev–Trinajstić information content (AvgIpc) is 3.10. The minimum absolute atomic E-state index is 0.194. The summed E-state index contributed by atoms with van der Waals surface area (Å²) in [7, 11) is 0. The van der Waals surface area contributed by atoms with Gasteiger partial charge in [0.25, 0.3) is 5.91 Å². The lowest BCUT2D eigenvalue weighted by Crippen LogP contribution is -2.27. The van der Waals surface area contributed by atoms with Crippen LogP contribution in [0.4, 0.5) is 5.69 Å². The standard InChI is InChI=1S/C14H17N5O3S/c1-7-12(19(21)22)11(18-17-7)13(20)15-8(2)14-16-9-5-3-4-6-10(9)23-14/h8H,3-6H2,1-2H3,(H,15,20)(H,17,18)/t8-/m1/s1. The number of thiazole rings is 1. The first-order valence-electron chi connectivity index (χ1n) is 7.46. The zero-order valence-electron chi connectivity index (χ0n) is 12.9. The third-order valence-corrected chi connectivity index (χ3v) is 5.23. The molecule has 0 aromatic carbocycles. The highest BCUT2D eigenvalue weighted by atomic mass is 32.1. The van der Waals surface area contributed by atoms with Crippen LogP contribution < -0.4 is 5.32 Å². The fourth-order valence-electron chi connectivity index (χ4n) is 2.69. The van der Waals surface area contributed by atoms with E-state index >= 15 is 0 Å². The van der Waals surface area contributed by atoms with Gasteiger partial charge < -0.3 is 5.32 Å². The summed E-state index contributed by atoms with van der Waals surface area (Å²) in [5.41, 5.74) is 0.908. The number of hydrogen-bond donors (Lipinski definition) is 2. The topological polar surface area (TPSA) is 114 Å². The van der Waals surface area contributed by atoms with Gasteiger partial charge in [0.2, 0.25) is 5.69 Å². The van der Waals surface area contributed by atoms with Crippen LogP contribution in [0.3, 0.4) is 0 Å². The van der Waals surface area contributed by atoms with Crippen LogP contribution in [-0.2, 0) is 12.8 Å². The Morgan fingerprint density at radius 3 is 2.87 bits per heavy atom. The molecule has 2 heterocycles. The normalized spacial score (nSPS) is 15.0. The molecule has 3 rings (SSSR count). The number of carbonyl (C=O) groups is 1. The molecule has 0 fully saturated rings. The summed E-state index contributed by atoms with van der Waals surface area (Å²) in [5, 5.41) is 20.9. The van der Waals surface area contributed by atoms with Crippen molar-refractivity contribution in [1.29, 1.82) is 0 Å². The van der Waals surface area contributed by atoms with Gasteiger partial charge >= 0.3 is 5.69 Å². The van der Waals surface area contributed by atoms with Gasteiger partial charge in [-0.1, -0.05) is 0 Å². The summed E-state index contributed by atoms with van der Waals surface area (Å²) in [6.45, 7) is 3.34. The minimum Gasteiger partial charge on any atom is -0.341 e. The number of fused-ring (bicyclic) bond motifs is 1. The second-order valence-electron chi connectivity index (χ2n) is 5.63. The van der Waals surface area contributed by atoms with Crippen LogP contribution in [0, 0.1) is 17.0 Å². The van der Waals surface area contributed by atoms with E-state index in [2.05, 4.69) is 20.5 Å². The molecule has 0 spiro atoms. The molecule has 2 N–H and O–H groups in total. The fraction of sp³-hybridized carbons (Fsp3) is 0.500. The Kier molecular flexibility index (Phi) is 4.12. The lowest BCUT2D eigenvalue weighted by molar-refractivity contribution is -0.385. The van der Waals surface area contributed by atoms with E-state index in [1.165, 1.54) is 18.2 Å². The first-order valence-corrected chi connectivity index (χ1v) is 8.27. The predicted octanol–water partition coefficient (Wildman–Crippen LogP) is 2.45. The van der Waals surface area contributed by atoms with Crippen LogP contribution in [0.1, 0.15) is 57.6 Å². The average molecular weight is 335 g/mol. The largest absolute Gasteiger partial charge is 0.341 e. The molecule has 0 radical (unpaired) electrons. The summed E-state index contributed by atoms with van der Waals surface area (Å²) >= 11 is 1.61. The number of amides is 1. The third-order valence-electron chi connectivity index (χ3n) is 3.89. The Morgan fingerprint density at radius 1 is 1.43 bits per heavy atom. The van der Waals surface area contributed by atoms with Gasteiger partial charge in [-0.15, -0.1) is 11.3 Å². The molecule has 23 heavy (non-hydrogen) atoms. The van der Waals surface area contributed by atoms with Crippen molar-refractivity contribution in [2.75, 3.05) is 0 Å². The molecule has 2 aromatic rings. The lowest BCUT2D eigenvalue weighted by Gasteiger charge is -2.09. The van der Waals surface area contributed by atoms with Gasteiger partial charge in [0.15, 0.2) is 0 Å². The zero-order valence-corrected chi connectivity index (χ0v) is 13.7. The highest BCUT2D eigenvalue weighted by Crippen LogP contribution is 2.30. The molecule has 8 nitrogen and oxygen atoms in total. The Hall–Kier alpha value is -2.29. The van der Waals surface area contributed by atoms with Crippen molar-refractivity contribution in [1.82, 2.24) is 20.5 Å². The maximum Gasteiger partial charge on any atom is 0.322 e. The zero-order chi connectivity index (χ0) is 16.6. The Morgan fingerprint density at radius 2 is 2.17 bits per heavy atom. The quantitative estimate of drug-likeness (QED) is 0.658. The van der Waals surface area contributed by atoms with Crippen LogP contribution in [0.2, 0.25) is 0 Å². The molecule has 0 unspecified atom stereocenters. The number of aromatic nitrogens is 3. The van der Waals surface area contributed by atoms with E-state index in [1.807, 2.05) is 6.92 Å². The van der Waals surface area contributed by atoms with Crippen LogP contribution >= 0.6 is 11.3 Å². The van der Waals surface area contributed by atoms with Crippen LogP contribution in [0.5, 0.6) is 0 Å². The molecular formula is C14H17N5O3S. The summed E-state index contributed by atoms with van der Waals surface area (Å²) in [6.07, 6.45) is 4.35. The number of aryl methyl sites for hydroxylation is 3. The Labute approximate surface area is 136 Å². The first-order chi connectivity index (χ1) is 11.0. The van der Waals surface area contributed by atoms with Gasteiger partial charge in [0.1, 0.15) is 10.7 Å². The number of carbonyl (C=O) groups excluding carboxylic acids is 1. The summed E-state index contributed by atoms with van der Waals surface area (Å²) in [6, 6.07) is -0.310. The van der Waals surface area contributed by atoms with Gasteiger partial charge in [-0.05, 0) is 39.5 Å². The predicted molar refractivity (Wildman–Crippen MR) is 84.6 cm³/mol. The van der Waals surface area contributed by atoms with E-state index < -0.39 is 10.8 Å². The molecule has 0 saturated heterocycles. The molecule has 0 aliphatic heterocycles. The van der Waals surface area contributed by atoms with Gasteiger partial charge in [-0.25, -0.2) is 4.98 Å². The summed E-state index contributed by atoms with van der Waals surface area (Å²) < 4.78 is 0. The molecular weight excluding hydrogens is 318 g/mol. The third kappa shape index (κ3) is 2.96. The number of nitrogens with one attached hydrogen (secondary N) is 2. The van der Waals surface area contributed by atoms with E-state index in [0.717, 1.165) is 30.0 Å². The van der Waals surface area contributed by atoms with E-state index in [4.69, 9.17) is 0 Å². The lowest BCUT2D eigenvalue weighted by atomic mass is 10.0. The van der Waals surface area contributed by atoms with Crippen molar-refractivity contribution in [3.63, 3.8) is 0 Å². The molecule has 2 aromatic heterocycles. The molecule has 122 valence electrons. The smallest absolute Gasteiger partial charge is 0.322 e. The van der Waals surface area contributed by atoms with Crippen molar-refractivity contribution in [2.24, 2.45) is 0 Å². The number of nitro groups is 1. The Balaban J connectivity index is 1.77. The highest BCUT2D eigenvalue weighted by Gasteiger charge is 2.28. The maximum atomic E-state index is 12.3. The van der Waals surface area contributed by atoms with Gasteiger partial charge in [0, 0.05) is 4.88 Å². The second kappa shape index (κ2) is 6.07. The van der Waals surface area contributed by atoms with Crippen LogP contribution in [0.15, 0.2) is 0 Å². The fourth-order valence-corrected chi connectivity index (χ4v) is 3.84.